The second-order valence-corrected chi connectivity index (χ2v) is 12.7. The number of nitrogens with zero attached hydrogens (tertiary/aromatic N) is 1. The third-order valence-corrected chi connectivity index (χ3v) is 10.4. The van der Waals surface area contributed by atoms with Crippen molar-refractivity contribution < 1.29 is 14.3 Å². The van der Waals surface area contributed by atoms with Crippen molar-refractivity contribution in [2.45, 2.75) is 90.0 Å². The number of H-pyrrole nitrogens is 1. The van der Waals surface area contributed by atoms with Crippen LogP contribution in [0.25, 0.3) is 10.2 Å². The molecule has 2 aromatic heterocycles. The number of aromatic amines is 1. The predicted molar refractivity (Wildman–Crippen MR) is 134 cm³/mol. The fourth-order valence-electron chi connectivity index (χ4n) is 7.91. The zero-order chi connectivity index (χ0) is 24.2. The number of rotatable bonds is 7. The number of hydrogen-bond donors (Lipinski definition) is 2. The molecule has 0 spiro atoms. The van der Waals surface area contributed by atoms with Gasteiger partial charge in [0.25, 0.3) is 11.5 Å². The van der Waals surface area contributed by atoms with Crippen LogP contribution in [0.3, 0.4) is 0 Å². The molecule has 0 unspecified atom stereocenters. The zero-order valence-electron chi connectivity index (χ0n) is 20.5. The maximum Gasteiger partial charge on any atom is 0.306 e. The summed E-state index contributed by atoms with van der Waals surface area (Å²) in [6.45, 7) is 1.88. The quantitative estimate of drug-likeness (QED) is 0.562. The summed E-state index contributed by atoms with van der Waals surface area (Å²) < 4.78 is 5.26. The molecular weight excluding hydrogens is 462 g/mol. The normalized spacial score (nSPS) is 29.7. The van der Waals surface area contributed by atoms with Crippen LogP contribution in [0.4, 0.5) is 0 Å². The maximum atomic E-state index is 12.7. The largest absolute Gasteiger partial charge is 0.456 e. The van der Waals surface area contributed by atoms with Crippen LogP contribution in [-0.2, 0) is 33.6 Å². The number of amides is 1. The summed E-state index contributed by atoms with van der Waals surface area (Å²) >= 11 is 1.60. The van der Waals surface area contributed by atoms with Gasteiger partial charge in [-0.15, -0.1) is 11.3 Å². The molecular formula is C27H35N3O4S. The molecule has 7 rings (SSSR count). The molecule has 2 heterocycles. The first-order chi connectivity index (χ1) is 16.9. The monoisotopic (exact) mass is 497 g/mol. The zero-order valence-corrected chi connectivity index (χ0v) is 21.3. The van der Waals surface area contributed by atoms with Crippen LogP contribution in [0, 0.1) is 23.2 Å². The van der Waals surface area contributed by atoms with Crippen LogP contribution < -0.4 is 10.9 Å². The standard InChI is InChI=1S/C27H35N3O4S/c1-15(27-11-16-8-17(12-27)10-18(9-16)13-27)28-22(31)14-34-23(32)7-6-21-29-25(33)24-19-4-2-3-5-20(19)35-26(24)30-21/h15-18H,2-14H2,1H3,(H,28,31)(H,29,30,33)/t15-,16?,17?,18?,27?/m1/s1. The summed E-state index contributed by atoms with van der Waals surface area (Å²) in [5.41, 5.74) is 1.27. The fourth-order valence-corrected chi connectivity index (χ4v) is 9.19. The lowest BCUT2D eigenvalue weighted by atomic mass is 9.48. The Labute approximate surface area is 209 Å². The van der Waals surface area contributed by atoms with E-state index in [0.29, 0.717) is 5.82 Å². The topological polar surface area (TPSA) is 101 Å². The number of aryl methyl sites for hydroxylation is 3. The molecule has 8 heteroatoms. The van der Waals surface area contributed by atoms with Gasteiger partial charge in [-0.2, -0.15) is 0 Å². The van der Waals surface area contributed by atoms with Gasteiger partial charge in [0.2, 0.25) is 0 Å². The van der Waals surface area contributed by atoms with Crippen LogP contribution in [0.15, 0.2) is 4.79 Å². The molecule has 0 radical (unpaired) electrons. The molecule has 1 atom stereocenters. The molecule has 2 aromatic rings. The third-order valence-electron chi connectivity index (χ3n) is 9.19. The van der Waals surface area contributed by atoms with Gasteiger partial charge in [-0.3, -0.25) is 14.4 Å². The first-order valence-corrected chi connectivity index (χ1v) is 14.2. The van der Waals surface area contributed by atoms with Gasteiger partial charge in [-0.1, -0.05) is 0 Å². The molecule has 5 aliphatic carbocycles. The molecule has 4 bridgehead atoms. The summed E-state index contributed by atoms with van der Waals surface area (Å²) in [5, 5.41) is 3.87. The molecule has 2 N–H and O–H groups in total. The highest BCUT2D eigenvalue weighted by Gasteiger charge is 2.53. The number of ether oxygens (including phenoxy) is 1. The number of carbonyl (C=O) groups is 2. The number of nitrogens with one attached hydrogen (secondary N) is 2. The Morgan fingerprint density at radius 3 is 2.54 bits per heavy atom. The van der Waals surface area contributed by atoms with Crippen LogP contribution in [0.5, 0.6) is 0 Å². The Morgan fingerprint density at radius 1 is 1.14 bits per heavy atom. The van der Waals surface area contributed by atoms with E-state index in [2.05, 4.69) is 22.2 Å². The van der Waals surface area contributed by atoms with Crippen LogP contribution in [0.1, 0.15) is 81.0 Å². The minimum atomic E-state index is -0.448. The highest BCUT2D eigenvalue weighted by molar-refractivity contribution is 7.18. The van der Waals surface area contributed by atoms with Crippen molar-refractivity contribution in [2.75, 3.05) is 6.61 Å². The van der Waals surface area contributed by atoms with Crippen LogP contribution in [-0.4, -0.2) is 34.5 Å². The number of carbonyl (C=O) groups excluding carboxylic acids is 2. The van der Waals surface area contributed by atoms with Crippen molar-refractivity contribution >= 4 is 33.4 Å². The van der Waals surface area contributed by atoms with E-state index in [1.165, 1.54) is 43.4 Å². The average molecular weight is 498 g/mol. The molecule has 4 saturated carbocycles. The van der Waals surface area contributed by atoms with Crippen molar-refractivity contribution in [2.24, 2.45) is 23.2 Å². The molecule has 1 amide bonds. The second kappa shape index (κ2) is 9.02. The molecule has 0 aromatic carbocycles. The van der Waals surface area contributed by atoms with E-state index in [1.54, 1.807) is 11.3 Å². The molecule has 0 saturated heterocycles. The SMILES string of the molecule is C[C@@H](NC(=O)COC(=O)CCc1nc2sc3c(c2c(=O)[nH]1)CCCC3)C12CC3CC(CC(C3)C1)C2. The minimum Gasteiger partial charge on any atom is -0.456 e. The lowest BCUT2D eigenvalue weighted by molar-refractivity contribution is -0.149. The van der Waals surface area contributed by atoms with Gasteiger partial charge in [-0.05, 0) is 99.9 Å². The highest BCUT2D eigenvalue weighted by Crippen LogP contribution is 2.61. The fraction of sp³-hybridized carbons (Fsp3) is 0.704. The van der Waals surface area contributed by atoms with Gasteiger partial charge in [0.1, 0.15) is 10.7 Å². The van der Waals surface area contributed by atoms with Crippen molar-refractivity contribution in [3.63, 3.8) is 0 Å². The van der Waals surface area contributed by atoms with E-state index in [9.17, 15) is 14.4 Å². The van der Waals surface area contributed by atoms with E-state index in [-0.39, 0.29) is 42.4 Å². The molecule has 0 aliphatic heterocycles. The van der Waals surface area contributed by atoms with E-state index < -0.39 is 5.97 Å². The molecule has 188 valence electrons. The first-order valence-electron chi connectivity index (χ1n) is 13.4. The van der Waals surface area contributed by atoms with Crippen molar-refractivity contribution in [1.29, 1.82) is 0 Å². The van der Waals surface area contributed by atoms with Crippen LogP contribution >= 0.6 is 11.3 Å². The Hall–Kier alpha value is -2.22. The minimum absolute atomic E-state index is 0.0807. The van der Waals surface area contributed by atoms with Gasteiger partial charge in [-0.25, -0.2) is 4.98 Å². The molecule has 4 fully saturated rings. The van der Waals surface area contributed by atoms with Gasteiger partial charge in [0.05, 0.1) is 11.8 Å². The summed E-state index contributed by atoms with van der Waals surface area (Å²) in [4.78, 5) is 47.0. The Kier molecular flexibility index (Phi) is 5.98. The second-order valence-electron chi connectivity index (χ2n) is 11.6. The lowest BCUT2D eigenvalue weighted by Gasteiger charge is -2.59. The Balaban J connectivity index is 1.00. The molecule has 5 aliphatic rings. The number of fused-ring (bicyclic) bond motifs is 3. The van der Waals surface area contributed by atoms with Crippen molar-refractivity contribution in [3.8, 4) is 0 Å². The van der Waals surface area contributed by atoms with Gasteiger partial charge < -0.3 is 15.0 Å². The number of thiophene rings is 1. The average Bonchev–Trinajstić information content (AvgIpc) is 3.19. The van der Waals surface area contributed by atoms with Crippen molar-refractivity contribution in [3.05, 3.63) is 26.6 Å². The summed E-state index contributed by atoms with van der Waals surface area (Å²) in [7, 11) is 0. The number of hydrogen-bond acceptors (Lipinski definition) is 6. The highest BCUT2D eigenvalue weighted by atomic mass is 32.1. The smallest absolute Gasteiger partial charge is 0.306 e. The van der Waals surface area contributed by atoms with E-state index in [0.717, 1.165) is 59.2 Å². The van der Waals surface area contributed by atoms with E-state index in [1.807, 2.05) is 0 Å². The molecule has 7 nitrogen and oxygen atoms in total. The summed E-state index contributed by atoms with van der Waals surface area (Å²) in [6.07, 6.45) is 12.4. The lowest BCUT2D eigenvalue weighted by Crippen LogP contribution is -2.56. The third kappa shape index (κ3) is 4.43. The van der Waals surface area contributed by atoms with Gasteiger partial charge in [0, 0.05) is 17.3 Å². The number of esters is 1. The maximum absolute atomic E-state index is 12.7. The van der Waals surface area contributed by atoms with Gasteiger partial charge >= 0.3 is 5.97 Å². The van der Waals surface area contributed by atoms with Gasteiger partial charge in [0.15, 0.2) is 6.61 Å². The molecule has 35 heavy (non-hydrogen) atoms. The summed E-state index contributed by atoms with van der Waals surface area (Å²) in [6, 6.07) is 0.111. The Bertz CT molecular complexity index is 1180. The van der Waals surface area contributed by atoms with Crippen LogP contribution in [0.2, 0.25) is 0 Å². The Morgan fingerprint density at radius 2 is 1.83 bits per heavy atom. The number of aromatic nitrogens is 2. The predicted octanol–water partition coefficient (Wildman–Crippen LogP) is 4.06. The van der Waals surface area contributed by atoms with Crippen molar-refractivity contribution in [1.82, 2.24) is 15.3 Å². The first kappa shape index (κ1) is 23.2. The van der Waals surface area contributed by atoms with E-state index in [4.69, 9.17) is 4.74 Å². The summed E-state index contributed by atoms with van der Waals surface area (Å²) in [5.74, 6) is 2.32. The van der Waals surface area contributed by atoms with E-state index >= 15 is 0 Å².